The summed E-state index contributed by atoms with van der Waals surface area (Å²) in [7, 11) is -3.32. The van der Waals surface area contributed by atoms with E-state index in [-0.39, 0.29) is 46.5 Å². The normalized spacial score (nSPS) is 21.2. The number of hydrogen-bond donors (Lipinski definition) is 1. The first kappa shape index (κ1) is 19.7. The predicted molar refractivity (Wildman–Crippen MR) is 93.4 cm³/mol. The van der Waals surface area contributed by atoms with Crippen molar-refractivity contribution in [2.45, 2.75) is 24.4 Å². The van der Waals surface area contributed by atoms with Crippen molar-refractivity contribution in [1.29, 1.82) is 5.26 Å². The van der Waals surface area contributed by atoms with Crippen LogP contribution in [0.4, 0.5) is 19.0 Å². The third-order valence-electron chi connectivity index (χ3n) is 4.59. The van der Waals surface area contributed by atoms with Crippen molar-refractivity contribution in [3.63, 3.8) is 0 Å². The van der Waals surface area contributed by atoms with Crippen molar-refractivity contribution in [3.8, 4) is 6.07 Å². The molecule has 1 aliphatic rings. The molecule has 12 heteroatoms. The van der Waals surface area contributed by atoms with Gasteiger partial charge in [-0.05, 0) is 13.0 Å². The highest BCUT2D eigenvalue weighted by molar-refractivity contribution is 7.92. The lowest BCUT2D eigenvalue weighted by molar-refractivity contribution is -0.149. The molecule has 1 aliphatic heterocycles. The fourth-order valence-electron chi connectivity index (χ4n) is 3.11. The third kappa shape index (κ3) is 3.33. The van der Waals surface area contributed by atoms with E-state index >= 15 is 0 Å². The van der Waals surface area contributed by atoms with Gasteiger partial charge in [0.25, 0.3) is 0 Å². The quantitative estimate of drug-likeness (QED) is 0.795. The van der Waals surface area contributed by atoms with Gasteiger partial charge >= 0.3 is 6.18 Å². The molecular formula is C15H15ClF3N5O2S. The smallest absolute Gasteiger partial charge is 0.355 e. The molecule has 2 aromatic heterocycles. The number of sulfone groups is 1. The summed E-state index contributed by atoms with van der Waals surface area (Å²) in [6.45, 7) is 1.46. The fraction of sp³-hybridized carbons (Fsp3) is 0.467. The Morgan fingerprint density at radius 2 is 2.15 bits per heavy atom. The Morgan fingerprint density at radius 3 is 2.70 bits per heavy atom. The molecule has 2 N–H and O–H groups in total. The SMILES string of the molecule is CC1CN(c2c(C(N)C(F)(F)F)cc(Cl)c3c(C#N)ncn23)CCS1(=O)=O. The first-order valence-electron chi connectivity index (χ1n) is 7.85. The second-order valence-corrected chi connectivity index (χ2v) is 9.28. The Bertz CT molecular complexity index is 1040. The van der Waals surface area contributed by atoms with Crippen LogP contribution in [0.1, 0.15) is 24.2 Å². The van der Waals surface area contributed by atoms with Crippen molar-refractivity contribution >= 4 is 32.8 Å². The molecule has 0 amide bonds. The van der Waals surface area contributed by atoms with Gasteiger partial charge in [0, 0.05) is 18.7 Å². The van der Waals surface area contributed by atoms with E-state index < -0.39 is 27.3 Å². The number of nitrogens with zero attached hydrogens (tertiary/aromatic N) is 4. The Morgan fingerprint density at radius 1 is 1.48 bits per heavy atom. The van der Waals surface area contributed by atoms with Crippen LogP contribution in [0.3, 0.4) is 0 Å². The first-order valence-corrected chi connectivity index (χ1v) is 9.95. The minimum atomic E-state index is -4.74. The van der Waals surface area contributed by atoms with Crippen LogP contribution in [0.5, 0.6) is 0 Å². The van der Waals surface area contributed by atoms with E-state index in [2.05, 4.69) is 4.98 Å². The molecule has 1 saturated heterocycles. The lowest BCUT2D eigenvalue weighted by Gasteiger charge is -2.35. The van der Waals surface area contributed by atoms with Gasteiger partial charge in [-0.3, -0.25) is 4.40 Å². The topological polar surface area (TPSA) is 104 Å². The van der Waals surface area contributed by atoms with Crippen LogP contribution < -0.4 is 10.6 Å². The molecule has 0 saturated carbocycles. The van der Waals surface area contributed by atoms with E-state index in [1.807, 2.05) is 6.07 Å². The van der Waals surface area contributed by atoms with E-state index in [0.717, 1.165) is 6.07 Å². The molecule has 1 fully saturated rings. The molecule has 2 aromatic rings. The van der Waals surface area contributed by atoms with E-state index in [4.69, 9.17) is 17.3 Å². The van der Waals surface area contributed by atoms with Crippen molar-refractivity contribution in [3.05, 3.63) is 28.7 Å². The van der Waals surface area contributed by atoms with Crippen LogP contribution in [-0.4, -0.2) is 48.1 Å². The highest BCUT2D eigenvalue weighted by Gasteiger charge is 2.42. The maximum atomic E-state index is 13.3. The zero-order chi connectivity index (χ0) is 20.1. The number of imidazole rings is 1. The van der Waals surface area contributed by atoms with E-state index in [1.54, 1.807) is 0 Å². The van der Waals surface area contributed by atoms with E-state index in [0.29, 0.717) is 0 Å². The van der Waals surface area contributed by atoms with Gasteiger partial charge in [0.05, 0.1) is 16.0 Å². The van der Waals surface area contributed by atoms with E-state index in [1.165, 1.54) is 22.6 Å². The maximum Gasteiger partial charge on any atom is 0.407 e. The third-order valence-corrected chi connectivity index (χ3v) is 7.01. The number of fused-ring (bicyclic) bond motifs is 1. The molecule has 146 valence electrons. The number of nitriles is 1. The van der Waals surface area contributed by atoms with Gasteiger partial charge in [0.2, 0.25) is 0 Å². The summed E-state index contributed by atoms with van der Waals surface area (Å²) in [6.07, 6.45) is -3.55. The molecule has 2 unspecified atom stereocenters. The van der Waals surface area contributed by atoms with Crippen molar-refractivity contribution in [2.24, 2.45) is 5.73 Å². The zero-order valence-corrected chi connectivity index (χ0v) is 15.6. The van der Waals surface area contributed by atoms with Gasteiger partial charge in [-0.25, -0.2) is 13.4 Å². The molecule has 0 radical (unpaired) electrons. The summed E-state index contributed by atoms with van der Waals surface area (Å²) < 4.78 is 65.2. The second-order valence-electron chi connectivity index (χ2n) is 6.34. The van der Waals surface area contributed by atoms with Crippen LogP contribution in [-0.2, 0) is 9.84 Å². The molecule has 0 bridgehead atoms. The number of rotatable bonds is 2. The van der Waals surface area contributed by atoms with E-state index in [9.17, 15) is 26.9 Å². The van der Waals surface area contributed by atoms with Gasteiger partial charge in [0.15, 0.2) is 15.5 Å². The molecule has 2 atom stereocenters. The van der Waals surface area contributed by atoms with Crippen LogP contribution in [0.15, 0.2) is 12.4 Å². The predicted octanol–water partition coefficient (Wildman–Crippen LogP) is 2.04. The van der Waals surface area contributed by atoms with Gasteiger partial charge in [0.1, 0.15) is 29.8 Å². The number of anilines is 1. The Labute approximate surface area is 158 Å². The molecule has 3 rings (SSSR count). The van der Waals surface area contributed by atoms with Crippen LogP contribution in [0.25, 0.3) is 5.52 Å². The van der Waals surface area contributed by atoms with Crippen molar-refractivity contribution in [1.82, 2.24) is 9.38 Å². The van der Waals surface area contributed by atoms with Crippen LogP contribution in [0.2, 0.25) is 5.02 Å². The Kier molecular flexibility index (Phi) is 4.78. The molecule has 7 nitrogen and oxygen atoms in total. The summed E-state index contributed by atoms with van der Waals surface area (Å²) in [5.41, 5.74) is 5.22. The summed E-state index contributed by atoms with van der Waals surface area (Å²) in [5, 5.41) is 8.32. The lowest BCUT2D eigenvalue weighted by atomic mass is 10.1. The Balaban J connectivity index is 2.27. The van der Waals surface area contributed by atoms with Gasteiger partial charge in [-0.15, -0.1) is 0 Å². The number of hydrogen-bond acceptors (Lipinski definition) is 6. The monoisotopic (exact) mass is 421 g/mol. The highest BCUT2D eigenvalue weighted by atomic mass is 35.5. The second kappa shape index (κ2) is 6.54. The Hall–Kier alpha value is -2.03. The van der Waals surface area contributed by atoms with Gasteiger partial charge in [-0.2, -0.15) is 18.4 Å². The lowest BCUT2D eigenvalue weighted by Crippen LogP contribution is -2.47. The summed E-state index contributed by atoms with van der Waals surface area (Å²) in [6, 6.07) is 0.571. The summed E-state index contributed by atoms with van der Waals surface area (Å²) >= 11 is 6.12. The maximum absolute atomic E-state index is 13.3. The number of alkyl halides is 3. The standard InChI is InChI=1S/C15H15ClF3N5O2S/c1-8-6-23(2-3-27(8,25)26)14-9(13(21)15(17,18)19)4-10(16)12-11(5-20)22-7-24(12)14/h4,7-8,13H,2-3,6,21H2,1H3. The summed E-state index contributed by atoms with van der Waals surface area (Å²) in [5.74, 6) is -0.173. The minimum Gasteiger partial charge on any atom is -0.355 e. The van der Waals surface area contributed by atoms with Gasteiger partial charge < -0.3 is 10.6 Å². The highest BCUT2D eigenvalue weighted by Crippen LogP contribution is 2.40. The van der Waals surface area contributed by atoms with Crippen molar-refractivity contribution in [2.75, 3.05) is 23.7 Å². The minimum absolute atomic E-state index is 0.0128. The van der Waals surface area contributed by atoms with Crippen LogP contribution >= 0.6 is 11.6 Å². The van der Waals surface area contributed by atoms with Crippen molar-refractivity contribution < 1.29 is 21.6 Å². The largest absolute Gasteiger partial charge is 0.407 e. The number of pyridine rings is 1. The average molecular weight is 422 g/mol. The summed E-state index contributed by atoms with van der Waals surface area (Å²) in [4.78, 5) is 5.40. The zero-order valence-electron chi connectivity index (χ0n) is 14.0. The molecule has 3 heterocycles. The molecular weight excluding hydrogens is 407 g/mol. The number of halogens is 4. The van der Waals surface area contributed by atoms with Gasteiger partial charge in [-0.1, -0.05) is 11.6 Å². The number of aromatic nitrogens is 2. The average Bonchev–Trinajstić information content (AvgIpc) is 3.00. The molecule has 0 spiro atoms. The first-order chi connectivity index (χ1) is 12.5. The number of nitrogens with two attached hydrogens (primary N) is 1. The van der Waals surface area contributed by atoms with Crippen LogP contribution in [0, 0.1) is 11.3 Å². The molecule has 0 aromatic carbocycles. The molecule has 27 heavy (non-hydrogen) atoms. The fourth-order valence-corrected chi connectivity index (χ4v) is 4.70. The molecule has 0 aliphatic carbocycles.